The highest BCUT2D eigenvalue weighted by Crippen LogP contribution is 2.37. The molecule has 7 heteroatoms. The summed E-state index contributed by atoms with van der Waals surface area (Å²) in [6, 6.07) is 13.6. The summed E-state index contributed by atoms with van der Waals surface area (Å²) in [5, 5.41) is 14.6. The normalized spacial score (nSPS) is 15.9. The first-order valence-corrected chi connectivity index (χ1v) is 8.38. The maximum absolute atomic E-state index is 12.8. The zero-order valence-corrected chi connectivity index (χ0v) is 14.4. The fourth-order valence-electron chi connectivity index (χ4n) is 3.22. The van der Waals surface area contributed by atoms with Gasteiger partial charge >= 0.3 is 5.97 Å². The van der Waals surface area contributed by atoms with E-state index in [9.17, 15) is 14.9 Å². The summed E-state index contributed by atoms with van der Waals surface area (Å²) in [4.78, 5) is 23.6. The van der Waals surface area contributed by atoms with Crippen molar-refractivity contribution in [1.82, 2.24) is 5.32 Å². The smallest absolute Gasteiger partial charge is 0.346 e. The second-order valence-electron chi connectivity index (χ2n) is 6.14. The highest BCUT2D eigenvalue weighted by atomic mass is 16.6. The third-order valence-electron chi connectivity index (χ3n) is 4.62. The van der Waals surface area contributed by atoms with Gasteiger partial charge in [0.05, 0.1) is 18.1 Å². The van der Waals surface area contributed by atoms with Crippen LogP contribution in [0.15, 0.2) is 48.5 Å². The number of nitrogens with zero attached hydrogens (tertiary/aromatic N) is 1. The molecule has 0 atom stereocenters. The molecular formula is C19H20N2O5. The number of hydrogen-bond donors (Lipinski definition) is 1. The SMILES string of the molecule is COc1ccc(C(=O)OC2(c3ccccc3)CCNCC2)c([N+](=O)[O-])c1. The van der Waals surface area contributed by atoms with Crippen molar-refractivity contribution in [3.8, 4) is 5.75 Å². The van der Waals surface area contributed by atoms with E-state index in [0.717, 1.165) is 5.56 Å². The van der Waals surface area contributed by atoms with Gasteiger partial charge in [0.15, 0.2) is 0 Å². The number of ether oxygens (including phenoxy) is 2. The Morgan fingerprint density at radius 1 is 1.15 bits per heavy atom. The number of methoxy groups -OCH3 is 1. The first-order valence-electron chi connectivity index (χ1n) is 8.38. The summed E-state index contributed by atoms with van der Waals surface area (Å²) in [5.41, 5.74) is -0.306. The number of carbonyl (C=O) groups excluding carboxylic acids is 1. The first-order chi connectivity index (χ1) is 12.6. The molecule has 2 aromatic rings. The van der Waals surface area contributed by atoms with E-state index in [1.807, 2.05) is 30.3 Å². The molecule has 1 aliphatic rings. The highest BCUT2D eigenvalue weighted by Gasteiger charge is 2.39. The number of piperidine rings is 1. The molecule has 26 heavy (non-hydrogen) atoms. The average molecular weight is 356 g/mol. The van der Waals surface area contributed by atoms with Crippen LogP contribution in [0.1, 0.15) is 28.8 Å². The lowest BCUT2D eigenvalue weighted by Gasteiger charge is -2.37. The molecule has 1 N–H and O–H groups in total. The molecule has 0 amide bonds. The van der Waals surface area contributed by atoms with Gasteiger partial charge in [-0.05, 0) is 30.8 Å². The van der Waals surface area contributed by atoms with E-state index in [-0.39, 0.29) is 11.3 Å². The van der Waals surface area contributed by atoms with Gasteiger partial charge in [0.25, 0.3) is 5.69 Å². The van der Waals surface area contributed by atoms with Crippen molar-refractivity contribution in [2.45, 2.75) is 18.4 Å². The Kier molecular flexibility index (Phi) is 5.18. The van der Waals surface area contributed by atoms with Crippen molar-refractivity contribution in [1.29, 1.82) is 0 Å². The van der Waals surface area contributed by atoms with Gasteiger partial charge in [-0.25, -0.2) is 4.79 Å². The standard InChI is InChI=1S/C19H20N2O5/c1-25-15-7-8-16(17(13-15)21(23)24)18(22)26-19(9-11-20-12-10-19)14-5-3-2-4-6-14/h2-8,13,20H,9-12H2,1H3. The molecule has 0 saturated carbocycles. The van der Waals surface area contributed by atoms with E-state index in [4.69, 9.17) is 9.47 Å². The Morgan fingerprint density at radius 2 is 1.85 bits per heavy atom. The van der Waals surface area contributed by atoms with Gasteiger partial charge in [0.2, 0.25) is 0 Å². The van der Waals surface area contributed by atoms with Crippen LogP contribution in [0.25, 0.3) is 0 Å². The van der Waals surface area contributed by atoms with Crippen molar-refractivity contribution in [3.05, 3.63) is 69.8 Å². The van der Waals surface area contributed by atoms with Crippen LogP contribution in [0.2, 0.25) is 0 Å². The molecule has 0 radical (unpaired) electrons. The quantitative estimate of drug-likeness (QED) is 0.503. The molecule has 3 rings (SSSR count). The fourth-order valence-corrected chi connectivity index (χ4v) is 3.22. The van der Waals surface area contributed by atoms with Gasteiger partial charge in [-0.1, -0.05) is 30.3 Å². The Labute approximate surface area is 151 Å². The zero-order valence-electron chi connectivity index (χ0n) is 14.4. The lowest BCUT2D eigenvalue weighted by atomic mass is 9.84. The lowest BCUT2D eigenvalue weighted by Crippen LogP contribution is -2.43. The van der Waals surface area contributed by atoms with Gasteiger partial charge in [-0.3, -0.25) is 10.1 Å². The molecule has 0 aromatic heterocycles. The van der Waals surface area contributed by atoms with E-state index in [1.54, 1.807) is 0 Å². The Morgan fingerprint density at radius 3 is 2.46 bits per heavy atom. The molecule has 1 heterocycles. The summed E-state index contributed by atoms with van der Waals surface area (Å²) in [7, 11) is 1.41. The van der Waals surface area contributed by atoms with Crippen LogP contribution in [0.3, 0.4) is 0 Å². The molecule has 7 nitrogen and oxygen atoms in total. The largest absolute Gasteiger partial charge is 0.497 e. The Bertz CT molecular complexity index is 801. The van der Waals surface area contributed by atoms with Crippen LogP contribution in [0.5, 0.6) is 5.75 Å². The minimum Gasteiger partial charge on any atom is -0.497 e. The molecule has 0 unspecified atom stereocenters. The van der Waals surface area contributed by atoms with Crippen molar-refractivity contribution in [3.63, 3.8) is 0 Å². The van der Waals surface area contributed by atoms with Gasteiger partial charge in [0, 0.05) is 12.8 Å². The third-order valence-corrected chi connectivity index (χ3v) is 4.62. The Balaban J connectivity index is 1.95. The third kappa shape index (κ3) is 3.52. The minimum atomic E-state index is -0.794. The fraction of sp³-hybridized carbons (Fsp3) is 0.316. The predicted molar refractivity (Wildman–Crippen MR) is 95.3 cm³/mol. The molecule has 0 spiro atoms. The topological polar surface area (TPSA) is 90.7 Å². The maximum atomic E-state index is 12.8. The van der Waals surface area contributed by atoms with Crippen LogP contribution in [-0.2, 0) is 10.3 Å². The van der Waals surface area contributed by atoms with Crippen molar-refractivity contribution in [2.24, 2.45) is 0 Å². The summed E-state index contributed by atoms with van der Waals surface area (Å²) >= 11 is 0. The predicted octanol–water partition coefficient (Wildman–Crippen LogP) is 3.04. The molecule has 0 aliphatic carbocycles. The zero-order chi connectivity index (χ0) is 18.6. The highest BCUT2D eigenvalue weighted by molar-refractivity contribution is 5.94. The molecular weight excluding hydrogens is 336 g/mol. The Hall–Kier alpha value is -2.93. The van der Waals surface area contributed by atoms with Crippen LogP contribution < -0.4 is 10.1 Å². The number of esters is 1. The number of nitro benzene ring substituents is 1. The monoisotopic (exact) mass is 356 g/mol. The van der Waals surface area contributed by atoms with Crippen molar-refractivity contribution in [2.75, 3.05) is 20.2 Å². The van der Waals surface area contributed by atoms with Crippen LogP contribution in [0, 0.1) is 10.1 Å². The number of nitro groups is 1. The summed E-state index contributed by atoms with van der Waals surface area (Å²) in [5.74, 6) is -0.391. The molecule has 1 aliphatic heterocycles. The molecule has 2 aromatic carbocycles. The second-order valence-corrected chi connectivity index (χ2v) is 6.14. The van der Waals surface area contributed by atoms with E-state index < -0.39 is 16.5 Å². The summed E-state index contributed by atoms with van der Waals surface area (Å²) in [6.07, 6.45) is 1.21. The summed E-state index contributed by atoms with van der Waals surface area (Å²) in [6.45, 7) is 1.40. The van der Waals surface area contributed by atoms with Crippen LogP contribution >= 0.6 is 0 Å². The van der Waals surface area contributed by atoms with E-state index in [2.05, 4.69) is 5.32 Å². The molecule has 136 valence electrons. The van der Waals surface area contributed by atoms with Crippen molar-refractivity contribution < 1.29 is 19.2 Å². The van der Waals surface area contributed by atoms with E-state index in [1.165, 1.54) is 25.3 Å². The minimum absolute atomic E-state index is 0.0790. The van der Waals surface area contributed by atoms with Crippen molar-refractivity contribution >= 4 is 11.7 Å². The van der Waals surface area contributed by atoms with Crippen LogP contribution in [0.4, 0.5) is 5.69 Å². The van der Waals surface area contributed by atoms with E-state index >= 15 is 0 Å². The number of benzene rings is 2. The first kappa shape index (κ1) is 17.9. The molecule has 1 fully saturated rings. The number of hydrogen-bond acceptors (Lipinski definition) is 6. The number of rotatable bonds is 5. The van der Waals surface area contributed by atoms with Gasteiger partial charge in [-0.2, -0.15) is 0 Å². The molecule has 0 bridgehead atoms. The summed E-state index contributed by atoms with van der Waals surface area (Å²) < 4.78 is 10.9. The van der Waals surface area contributed by atoms with Gasteiger partial charge < -0.3 is 14.8 Å². The lowest BCUT2D eigenvalue weighted by molar-refractivity contribution is -0.385. The van der Waals surface area contributed by atoms with E-state index in [0.29, 0.717) is 31.7 Å². The second kappa shape index (κ2) is 7.53. The number of carbonyl (C=O) groups is 1. The number of nitrogens with one attached hydrogen (secondary N) is 1. The molecule has 1 saturated heterocycles. The average Bonchev–Trinajstić information content (AvgIpc) is 2.68. The van der Waals surface area contributed by atoms with Gasteiger partial charge in [0.1, 0.15) is 16.9 Å². The van der Waals surface area contributed by atoms with Gasteiger partial charge in [-0.15, -0.1) is 0 Å². The van der Waals surface area contributed by atoms with Crippen LogP contribution in [-0.4, -0.2) is 31.1 Å². The maximum Gasteiger partial charge on any atom is 0.346 e.